The smallest absolute Gasteiger partial charge is 0.121 e. The van der Waals surface area contributed by atoms with Crippen LogP contribution in [0.2, 0.25) is 0 Å². The average Bonchev–Trinajstić information content (AvgIpc) is 3.55. The van der Waals surface area contributed by atoms with Gasteiger partial charge in [0.1, 0.15) is 5.75 Å². The molecule has 0 aliphatic heterocycles. The summed E-state index contributed by atoms with van der Waals surface area (Å²) in [7, 11) is 0. The summed E-state index contributed by atoms with van der Waals surface area (Å²) in [5, 5.41) is 5.17. The van der Waals surface area contributed by atoms with E-state index in [1.165, 1.54) is 55.6 Å². The van der Waals surface area contributed by atoms with Crippen LogP contribution < -0.4 is 4.74 Å². The number of ether oxygens (including phenoxy) is 1. The lowest BCUT2D eigenvalue weighted by molar-refractivity contribution is 0.304. The summed E-state index contributed by atoms with van der Waals surface area (Å²) in [5.74, 6) is 0.948. The number of para-hydroxylation sites is 1. The Kier molecular flexibility index (Phi) is 8.02. The third-order valence-electron chi connectivity index (χ3n) is 9.02. The molecule has 44 heavy (non-hydrogen) atoms. The summed E-state index contributed by atoms with van der Waals surface area (Å²) in [5.41, 5.74) is 8.62. The van der Waals surface area contributed by atoms with Crippen LogP contribution in [0.15, 0.2) is 97.3 Å². The molecule has 7 aromatic rings. The maximum atomic E-state index is 6.31. The molecule has 0 aliphatic carbocycles. The van der Waals surface area contributed by atoms with Gasteiger partial charge in [0, 0.05) is 58.6 Å². The summed E-state index contributed by atoms with van der Waals surface area (Å²) in [6.45, 7) is 6.93. The van der Waals surface area contributed by atoms with Crippen molar-refractivity contribution in [3.63, 3.8) is 0 Å². The van der Waals surface area contributed by atoms with Gasteiger partial charge in [-0.3, -0.25) is 9.97 Å². The second-order valence-corrected chi connectivity index (χ2v) is 11.9. The van der Waals surface area contributed by atoms with Crippen molar-refractivity contribution in [2.75, 3.05) is 6.61 Å². The molecule has 5 nitrogen and oxygen atoms in total. The monoisotopic (exact) mass is 580 g/mol. The van der Waals surface area contributed by atoms with E-state index in [1.807, 2.05) is 12.4 Å². The van der Waals surface area contributed by atoms with Crippen molar-refractivity contribution in [2.45, 2.75) is 65.5 Å². The summed E-state index contributed by atoms with van der Waals surface area (Å²) >= 11 is 0. The van der Waals surface area contributed by atoms with Gasteiger partial charge >= 0.3 is 0 Å². The third-order valence-corrected chi connectivity index (χ3v) is 9.02. The van der Waals surface area contributed by atoms with Crippen LogP contribution in [0.1, 0.15) is 49.1 Å². The maximum Gasteiger partial charge on any atom is 0.121 e. The molecule has 5 heteroatoms. The van der Waals surface area contributed by atoms with Crippen LogP contribution in [0.3, 0.4) is 0 Å². The highest BCUT2D eigenvalue weighted by atomic mass is 16.5. The fraction of sp³-hybridized carbons (Fsp3) is 0.282. The summed E-state index contributed by atoms with van der Waals surface area (Å²) in [6.07, 6.45) is 10.5. The molecule has 4 heterocycles. The number of nitrogens with zero attached hydrogens (tertiary/aromatic N) is 4. The van der Waals surface area contributed by atoms with Crippen LogP contribution in [0.25, 0.3) is 43.6 Å². The number of rotatable bonds is 12. The molecule has 4 aromatic heterocycles. The standard InChI is InChI=1S/C39H40N4O/c1-28-38-34(20-22-40-28)32-16-8-9-17-36(32)42(38)24-10-3-4-11-26-44-31-18-19-33-35-21-23-41-29(2)39(35)43(37(33)27-31)25-12-15-30-13-6-5-7-14-30/h5-9,13-14,16-23,27H,3-4,10-12,15,24-26H2,1-2H3. The first kappa shape index (κ1) is 28.1. The van der Waals surface area contributed by atoms with E-state index in [4.69, 9.17) is 4.74 Å². The molecule has 0 aliphatic rings. The quantitative estimate of drug-likeness (QED) is 0.135. The van der Waals surface area contributed by atoms with Gasteiger partial charge < -0.3 is 13.9 Å². The molecule has 0 fully saturated rings. The molecule has 222 valence electrons. The zero-order valence-corrected chi connectivity index (χ0v) is 25.8. The van der Waals surface area contributed by atoms with E-state index in [0.717, 1.165) is 68.9 Å². The number of hydrogen-bond donors (Lipinski definition) is 0. The van der Waals surface area contributed by atoms with Gasteiger partial charge in [-0.05, 0) is 75.4 Å². The number of hydrogen-bond acceptors (Lipinski definition) is 3. The summed E-state index contributed by atoms with van der Waals surface area (Å²) < 4.78 is 11.2. The van der Waals surface area contributed by atoms with Crippen molar-refractivity contribution in [1.82, 2.24) is 19.1 Å². The minimum absolute atomic E-state index is 0.735. The molecular weight excluding hydrogens is 540 g/mol. The van der Waals surface area contributed by atoms with Crippen LogP contribution in [-0.2, 0) is 19.5 Å². The van der Waals surface area contributed by atoms with Crippen LogP contribution in [-0.4, -0.2) is 25.7 Å². The molecular formula is C39H40N4O. The van der Waals surface area contributed by atoms with Gasteiger partial charge in [0.05, 0.1) is 34.5 Å². The Morgan fingerprint density at radius 3 is 1.98 bits per heavy atom. The molecule has 0 N–H and O–H groups in total. The van der Waals surface area contributed by atoms with Gasteiger partial charge in [-0.15, -0.1) is 0 Å². The molecule has 3 aromatic carbocycles. The number of aryl methyl sites for hydroxylation is 5. The molecule has 0 radical (unpaired) electrons. The second-order valence-electron chi connectivity index (χ2n) is 11.9. The lowest BCUT2D eigenvalue weighted by Crippen LogP contribution is -2.02. The lowest BCUT2D eigenvalue weighted by atomic mass is 10.1. The SMILES string of the molecule is Cc1nccc2c3ccccc3n(CCCCCCOc3ccc4c5ccnc(C)c5n(CCCc5ccccc5)c4c3)c12. The van der Waals surface area contributed by atoms with Crippen molar-refractivity contribution in [2.24, 2.45) is 0 Å². The Morgan fingerprint density at radius 2 is 1.20 bits per heavy atom. The zero-order chi connectivity index (χ0) is 29.9. The second kappa shape index (κ2) is 12.5. The predicted molar refractivity (Wildman–Crippen MR) is 183 cm³/mol. The van der Waals surface area contributed by atoms with E-state index >= 15 is 0 Å². The fourth-order valence-electron chi connectivity index (χ4n) is 6.93. The average molecular weight is 581 g/mol. The molecule has 0 spiro atoms. The van der Waals surface area contributed by atoms with Crippen LogP contribution in [0, 0.1) is 13.8 Å². The predicted octanol–water partition coefficient (Wildman–Crippen LogP) is 9.58. The Bertz CT molecular complexity index is 2050. The van der Waals surface area contributed by atoms with Crippen molar-refractivity contribution in [3.05, 3.63) is 114 Å². The molecule has 0 saturated heterocycles. The minimum atomic E-state index is 0.735. The number of benzene rings is 3. The largest absolute Gasteiger partial charge is 0.494 e. The Hall–Kier alpha value is -4.64. The maximum absolute atomic E-state index is 6.31. The first-order valence-corrected chi connectivity index (χ1v) is 16.1. The molecule has 0 unspecified atom stereocenters. The van der Waals surface area contributed by atoms with Crippen molar-refractivity contribution >= 4 is 43.6 Å². The molecule has 0 saturated carbocycles. The summed E-state index contributed by atoms with van der Waals surface area (Å²) in [6, 6.07) is 30.4. The first-order valence-electron chi connectivity index (χ1n) is 16.1. The van der Waals surface area contributed by atoms with E-state index in [1.54, 1.807) is 0 Å². The van der Waals surface area contributed by atoms with Gasteiger partial charge in [-0.1, -0.05) is 61.4 Å². The summed E-state index contributed by atoms with van der Waals surface area (Å²) in [4.78, 5) is 9.22. The number of pyridine rings is 2. The topological polar surface area (TPSA) is 44.9 Å². The normalized spacial score (nSPS) is 11.8. The third kappa shape index (κ3) is 5.43. The van der Waals surface area contributed by atoms with Gasteiger partial charge in [0.2, 0.25) is 0 Å². The number of fused-ring (bicyclic) bond motifs is 6. The Labute approximate surface area is 259 Å². The Morgan fingerprint density at radius 1 is 0.568 bits per heavy atom. The molecule has 0 amide bonds. The van der Waals surface area contributed by atoms with Gasteiger partial charge in [-0.2, -0.15) is 0 Å². The highest BCUT2D eigenvalue weighted by Gasteiger charge is 2.15. The van der Waals surface area contributed by atoms with Crippen LogP contribution in [0.5, 0.6) is 5.75 Å². The van der Waals surface area contributed by atoms with Gasteiger partial charge in [-0.25, -0.2) is 0 Å². The highest BCUT2D eigenvalue weighted by Crippen LogP contribution is 2.33. The highest BCUT2D eigenvalue weighted by molar-refractivity contribution is 6.09. The van der Waals surface area contributed by atoms with E-state index < -0.39 is 0 Å². The van der Waals surface area contributed by atoms with Crippen molar-refractivity contribution in [1.29, 1.82) is 0 Å². The minimum Gasteiger partial charge on any atom is -0.494 e. The Balaban J connectivity index is 0.981. The molecule has 0 bridgehead atoms. The van der Waals surface area contributed by atoms with Crippen LogP contribution in [0.4, 0.5) is 0 Å². The van der Waals surface area contributed by atoms with Gasteiger partial charge in [0.15, 0.2) is 0 Å². The van der Waals surface area contributed by atoms with Gasteiger partial charge in [0.25, 0.3) is 0 Å². The van der Waals surface area contributed by atoms with Crippen molar-refractivity contribution in [3.8, 4) is 5.75 Å². The van der Waals surface area contributed by atoms with E-state index in [-0.39, 0.29) is 0 Å². The zero-order valence-electron chi connectivity index (χ0n) is 25.8. The van der Waals surface area contributed by atoms with Crippen LogP contribution >= 0.6 is 0 Å². The number of aromatic nitrogens is 4. The van der Waals surface area contributed by atoms with E-state index in [0.29, 0.717) is 0 Å². The first-order chi connectivity index (χ1) is 21.7. The van der Waals surface area contributed by atoms with E-state index in [9.17, 15) is 0 Å². The molecule has 0 atom stereocenters. The lowest BCUT2D eigenvalue weighted by Gasteiger charge is -2.11. The van der Waals surface area contributed by atoms with E-state index in [2.05, 4.69) is 118 Å². The number of unbranched alkanes of at least 4 members (excludes halogenated alkanes) is 3. The molecule has 7 rings (SSSR count). The fourth-order valence-corrected chi connectivity index (χ4v) is 6.93. The van der Waals surface area contributed by atoms with Crippen molar-refractivity contribution < 1.29 is 4.74 Å².